The summed E-state index contributed by atoms with van der Waals surface area (Å²) in [5.74, 6) is 4.48. The van der Waals surface area contributed by atoms with Crippen LogP contribution in [-0.4, -0.2) is 26.2 Å². The first kappa shape index (κ1) is 17.6. The van der Waals surface area contributed by atoms with Gasteiger partial charge in [0.1, 0.15) is 10.7 Å². The van der Waals surface area contributed by atoms with Crippen molar-refractivity contribution < 1.29 is 17.9 Å². The molecule has 0 amide bonds. The lowest BCUT2D eigenvalue weighted by molar-refractivity contribution is 0.305. The second-order valence-corrected chi connectivity index (χ2v) is 6.41. The fraction of sp³-hybridized carbons (Fsp3) is 0.467. The minimum atomic E-state index is -3.87. The van der Waals surface area contributed by atoms with E-state index < -0.39 is 15.8 Å². The number of sulfonamides is 1. The topological polar surface area (TPSA) is 66.4 Å². The molecule has 0 radical (unpaired) electrons. The van der Waals surface area contributed by atoms with Gasteiger partial charge in [-0.15, -0.1) is 0 Å². The minimum absolute atomic E-state index is 0.0683. The van der Waals surface area contributed by atoms with Crippen LogP contribution < -0.4 is 4.72 Å². The van der Waals surface area contributed by atoms with Gasteiger partial charge in [0.05, 0.1) is 6.61 Å². The number of halogens is 1. The Morgan fingerprint density at radius 3 is 2.71 bits per heavy atom. The third-order valence-electron chi connectivity index (χ3n) is 2.77. The molecule has 1 aromatic carbocycles. The molecule has 1 atom stereocenters. The highest BCUT2D eigenvalue weighted by Gasteiger charge is 2.21. The fourth-order valence-electron chi connectivity index (χ4n) is 1.84. The summed E-state index contributed by atoms with van der Waals surface area (Å²) < 4.78 is 40.6. The van der Waals surface area contributed by atoms with Gasteiger partial charge in [0, 0.05) is 18.0 Å². The van der Waals surface area contributed by atoms with Crippen molar-refractivity contribution in [2.24, 2.45) is 0 Å². The van der Waals surface area contributed by atoms with Crippen molar-refractivity contribution in [2.45, 2.75) is 44.0 Å². The first-order valence-electron chi connectivity index (χ1n) is 6.82. The number of aliphatic hydroxyl groups is 1. The van der Waals surface area contributed by atoms with Gasteiger partial charge in [0.2, 0.25) is 10.0 Å². The second-order valence-electron chi connectivity index (χ2n) is 4.73. The van der Waals surface area contributed by atoms with Crippen molar-refractivity contribution in [1.29, 1.82) is 0 Å². The largest absolute Gasteiger partial charge is 0.395 e. The van der Waals surface area contributed by atoms with Crippen molar-refractivity contribution in [1.82, 2.24) is 4.72 Å². The lowest BCUT2D eigenvalue weighted by atomic mass is 10.2. The molecule has 1 rings (SSSR count). The van der Waals surface area contributed by atoms with Gasteiger partial charge in [0.15, 0.2) is 0 Å². The maximum absolute atomic E-state index is 14.0. The molecular weight excluding hydrogens is 293 g/mol. The van der Waals surface area contributed by atoms with Crippen LogP contribution in [0, 0.1) is 17.7 Å². The Bertz CT molecular complexity index is 632. The number of hydrogen-bond acceptors (Lipinski definition) is 3. The minimum Gasteiger partial charge on any atom is -0.395 e. The van der Waals surface area contributed by atoms with Crippen molar-refractivity contribution in [3.63, 3.8) is 0 Å². The Kier molecular flexibility index (Phi) is 6.82. The predicted molar refractivity (Wildman–Crippen MR) is 79.7 cm³/mol. The van der Waals surface area contributed by atoms with Gasteiger partial charge in [-0.25, -0.2) is 17.5 Å². The summed E-state index contributed by atoms with van der Waals surface area (Å²) in [6, 6.07) is 3.50. The second kappa shape index (κ2) is 8.13. The molecule has 21 heavy (non-hydrogen) atoms. The summed E-state index contributed by atoms with van der Waals surface area (Å²) in [4.78, 5) is -0.377. The summed E-state index contributed by atoms with van der Waals surface area (Å²) in [6.07, 6.45) is 1.81. The average Bonchev–Trinajstić information content (AvgIpc) is 2.38. The third-order valence-corrected chi connectivity index (χ3v) is 4.39. The van der Waals surface area contributed by atoms with Gasteiger partial charge in [0.25, 0.3) is 0 Å². The smallest absolute Gasteiger partial charge is 0.243 e. The predicted octanol–water partition coefficient (Wildman–Crippen LogP) is 2.03. The SMILES string of the molecule is CCCC(C)NS(=O)(=O)c1ccc(C#CCCO)cc1F. The molecule has 0 aliphatic rings. The van der Waals surface area contributed by atoms with E-state index in [4.69, 9.17) is 5.11 Å². The Morgan fingerprint density at radius 2 is 2.14 bits per heavy atom. The lowest BCUT2D eigenvalue weighted by Gasteiger charge is -2.13. The molecule has 2 N–H and O–H groups in total. The molecule has 0 spiro atoms. The Balaban J connectivity index is 2.96. The highest BCUT2D eigenvalue weighted by molar-refractivity contribution is 7.89. The van der Waals surface area contributed by atoms with Gasteiger partial charge in [-0.1, -0.05) is 25.2 Å². The van der Waals surface area contributed by atoms with Crippen LogP contribution in [0.3, 0.4) is 0 Å². The molecule has 0 heterocycles. The van der Waals surface area contributed by atoms with Crippen LogP contribution in [0.25, 0.3) is 0 Å². The zero-order valence-corrected chi connectivity index (χ0v) is 13.0. The van der Waals surface area contributed by atoms with E-state index in [9.17, 15) is 12.8 Å². The molecule has 116 valence electrons. The zero-order chi connectivity index (χ0) is 15.9. The quantitative estimate of drug-likeness (QED) is 0.790. The zero-order valence-electron chi connectivity index (χ0n) is 12.2. The van der Waals surface area contributed by atoms with E-state index in [1.807, 2.05) is 6.92 Å². The number of rotatable bonds is 6. The highest BCUT2D eigenvalue weighted by Crippen LogP contribution is 2.16. The summed E-state index contributed by atoms with van der Waals surface area (Å²) in [6.45, 7) is 3.63. The summed E-state index contributed by atoms with van der Waals surface area (Å²) >= 11 is 0. The fourth-order valence-corrected chi connectivity index (χ4v) is 3.17. The lowest BCUT2D eigenvalue weighted by Crippen LogP contribution is -2.33. The van der Waals surface area contributed by atoms with Gasteiger partial charge in [-0.3, -0.25) is 0 Å². The maximum Gasteiger partial charge on any atom is 0.243 e. The molecule has 1 unspecified atom stereocenters. The molecule has 0 fully saturated rings. The first-order chi connectivity index (χ1) is 9.90. The van der Waals surface area contributed by atoms with E-state index >= 15 is 0 Å². The van der Waals surface area contributed by atoms with Crippen LogP contribution in [-0.2, 0) is 10.0 Å². The van der Waals surface area contributed by atoms with Gasteiger partial charge < -0.3 is 5.11 Å². The average molecular weight is 313 g/mol. The Morgan fingerprint density at radius 1 is 1.43 bits per heavy atom. The molecule has 4 nitrogen and oxygen atoms in total. The van der Waals surface area contributed by atoms with Crippen molar-refractivity contribution in [3.8, 4) is 11.8 Å². The third kappa shape index (κ3) is 5.46. The summed E-state index contributed by atoms with van der Waals surface area (Å²) in [5.41, 5.74) is 0.376. The highest BCUT2D eigenvalue weighted by atomic mass is 32.2. The van der Waals surface area contributed by atoms with E-state index in [2.05, 4.69) is 16.6 Å². The van der Waals surface area contributed by atoms with Crippen molar-refractivity contribution in [3.05, 3.63) is 29.6 Å². The molecular formula is C15H20FNO3S. The normalized spacial score (nSPS) is 12.6. The van der Waals surface area contributed by atoms with E-state index in [0.29, 0.717) is 12.0 Å². The number of aliphatic hydroxyl groups excluding tert-OH is 1. The molecule has 0 aromatic heterocycles. The molecule has 0 aliphatic carbocycles. The summed E-state index contributed by atoms with van der Waals surface area (Å²) in [5, 5.41) is 8.61. The van der Waals surface area contributed by atoms with E-state index in [0.717, 1.165) is 12.5 Å². The molecule has 1 aromatic rings. The van der Waals surface area contributed by atoms with Crippen molar-refractivity contribution >= 4 is 10.0 Å². The molecule has 0 saturated heterocycles. The maximum atomic E-state index is 14.0. The number of nitrogens with one attached hydrogen (secondary N) is 1. The van der Waals surface area contributed by atoms with Gasteiger partial charge in [-0.05, 0) is 31.5 Å². The number of hydrogen-bond donors (Lipinski definition) is 2. The molecule has 0 aliphatic heterocycles. The monoisotopic (exact) mass is 313 g/mol. The van der Waals surface area contributed by atoms with Crippen molar-refractivity contribution in [2.75, 3.05) is 6.61 Å². The molecule has 0 bridgehead atoms. The van der Waals surface area contributed by atoms with E-state index in [-0.39, 0.29) is 24.0 Å². The van der Waals surface area contributed by atoms with Crippen LogP contribution in [0.5, 0.6) is 0 Å². The van der Waals surface area contributed by atoms with Gasteiger partial charge in [-0.2, -0.15) is 0 Å². The van der Waals surface area contributed by atoms with Gasteiger partial charge >= 0.3 is 0 Å². The van der Waals surface area contributed by atoms with Crippen LogP contribution in [0.4, 0.5) is 4.39 Å². The Hall–Kier alpha value is -1.42. The molecule has 6 heteroatoms. The Labute approximate surface area is 125 Å². The molecule has 0 saturated carbocycles. The summed E-state index contributed by atoms with van der Waals surface area (Å²) in [7, 11) is -3.87. The first-order valence-corrected chi connectivity index (χ1v) is 8.30. The van der Waals surface area contributed by atoms with Crippen LogP contribution >= 0.6 is 0 Å². The van der Waals surface area contributed by atoms with Crippen LogP contribution in [0.1, 0.15) is 38.7 Å². The van der Waals surface area contributed by atoms with E-state index in [1.54, 1.807) is 6.92 Å². The standard InChI is InChI=1S/C15H20FNO3S/c1-3-6-12(2)17-21(19,20)15-9-8-13(11-14(15)16)7-4-5-10-18/h8-9,11-12,17-18H,3,5-6,10H2,1-2H3. The van der Waals surface area contributed by atoms with Crippen LogP contribution in [0.15, 0.2) is 23.1 Å². The van der Waals surface area contributed by atoms with Crippen LogP contribution in [0.2, 0.25) is 0 Å². The van der Waals surface area contributed by atoms with E-state index in [1.165, 1.54) is 12.1 Å². The number of benzene rings is 1.